The highest BCUT2D eigenvalue weighted by molar-refractivity contribution is 5.86. The first-order valence-corrected chi connectivity index (χ1v) is 8.25. The quantitative estimate of drug-likeness (QED) is 0.252. The van der Waals surface area contributed by atoms with Gasteiger partial charge < -0.3 is 5.11 Å². The molecule has 28 heavy (non-hydrogen) atoms. The normalized spacial score (nSPS) is 12.5. The summed E-state index contributed by atoms with van der Waals surface area (Å²) in [5.41, 5.74) is 0.195. The van der Waals surface area contributed by atoms with Crippen molar-refractivity contribution in [2.45, 2.75) is 12.8 Å². The minimum atomic E-state index is -2.25. The van der Waals surface area contributed by atoms with Crippen molar-refractivity contribution in [2.75, 3.05) is 0 Å². The average molecular weight is 391 g/mol. The van der Waals surface area contributed by atoms with Gasteiger partial charge in [-0.1, -0.05) is 49.4 Å². The second-order valence-corrected chi connectivity index (χ2v) is 6.09. The van der Waals surface area contributed by atoms with Crippen molar-refractivity contribution >= 4 is 11.9 Å². The maximum Gasteiger partial charge on any atom is 0.200 e. The molecule has 0 heterocycles. The predicted octanol–water partition coefficient (Wildman–Crippen LogP) is 5.99. The van der Waals surface area contributed by atoms with Crippen LogP contribution in [0.25, 0.3) is 0 Å². The minimum Gasteiger partial charge on any atom is -0.507 e. The molecular formula is C21H14F5NO. The van der Waals surface area contributed by atoms with Crippen LogP contribution in [0.2, 0.25) is 0 Å². The number of para-hydroxylation sites is 1. The molecule has 3 rings (SSSR count). The zero-order valence-corrected chi connectivity index (χ0v) is 14.6. The first-order chi connectivity index (χ1) is 13.3. The van der Waals surface area contributed by atoms with Crippen molar-refractivity contribution in [3.8, 4) is 5.75 Å². The van der Waals surface area contributed by atoms with E-state index in [0.29, 0.717) is 5.56 Å². The van der Waals surface area contributed by atoms with Gasteiger partial charge in [0.05, 0.1) is 0 Å². The number of rotatable bonds is 4. The molecule has 1 atom stereocenters. The average Bonchev–Trinajstić information content (AvgIpc) is 2.72. The molecule has 2 nitrogen and oxygen atoms in total. The Morgan fingerprint density at radius 2 is 1.36 bits per heavy atom. The molecular weight excluding hydrogens is 377 g/mol. The highest BCUT2D eigenvalue weighted by Crippen LogP contribution is 2.34. The summed E-state index contributed by atoms with van der Waals surface area (Å²) in [6.07, 6.45) is 0.856. The summed E-state index contributed by atoms with van der Waals surface area (Å²) in [5, 5.41) is 10.5. The van der Waals surface area contributed by atoms with Crippen molar-refractivity contribution in [2.24, 2.45) is 4.99 Å². The largest absolute Gasteiger partial charge is 0.507 e. The lowest BCUT2D eigenvalue weighted by atomic mass is 9.91. The van der Waals surface area contributed by atoms with Gasteiger partial charge in [-0.05, 0) is 11.6 Å². The summed E-state index contributed by atoms with van der Waals surface area (Å²) in [4.78, 5) is 3.39. The fourth-order valence-electron chi connectivity index (χ4n) is 2.80. The van der Waals surface area contributed by atoms with Gasteiger partial charge in [-0.3, -0.25) is 0 Å². The second-order valence-electron chi connectivity index (χ2n) is 6.09. The lowest BCUT2D eigenvalue weighted by Crippen LogP contribution is -2.01. The van der Waals surface area contributed by atoms with Crippen LogP contribution in [-0.4, -0.2) is 11.3 Å². The number of aliphatic imine (C=N–C) groups is 1. The summed E-state index contributed by atoms with van der Waals surface area (Å²) in [6.45, 7) is 1.86. The van der Waals surface area contributed by atoms with Gasteiger partial charge in [0.25, 0.3) is 0 Å². The highest BCUT2D eigenvalue weighted by Gasteiger charge is 2.25. The van der Waals surface area contributed by atoms with E-state index in [4.69, 9.17) is 0 Å². The molecule has 3 aromatic carbocycles. The molecule has 0 aliphatic carbocycles. The molecule has 3 aromatic rings. The van der Waals surface area contributed by atoms with Crippen molar-refractivity contribution in [1.29, 1.82) is 0 Å². The third-order valence-electron chi connectivity index (χ3n) is 4.38. The summed E-state index contributed by atoms with van der Waals surface area (Å²) in [6, 6.07) is 14.0. The lowest BCUT2D eigenvalue weighted by Gasteiger charge is -2.15. The summed E-state index contributed by atoms with van der Waals surface area (Å²) < 4.78 is 67.1. The maximum atomic E-state index is 13.7. The molecule has 144 valence electrons. The number of benzene rings is 3. The topological polar surface area (TPSA) is 32.6 Å². The van der Waals surface area contributed by atoms with Crippen molar-refractivity contribution in [1.82, 2.24) is 0 Å². The zero-order valence-electron chi connectivity index (χ0n) is 14.6. The van der Waals surface area contributed by atoms with Crippen molar-refractivity contribution < 1.29 is 27.1 Å². The zero-order chi connectivity index (χ0) is 20.4. The molecule has 0 spiro atoms. The van der Waals surface area contributed by atoms with Crippen LogP contribution in [0.5, 0.6) is 5.75 Å². The molecule has 1 unspecified atom stereocenters. The van der Waals surface area contributed by atoms with Crippen LogP contribution < -0.4 is 0 Å². The Labute approximate surface area is 157 Å². The first-order valence-electron chi connectivity index (χ1n) is 8.25. The summed E-state index contributed by atoms with van der Waals surface area (Å²) in [5.74, 6) is -10.9. The number of aromatic hydroxyl groups is 1. The van der Waals surface area contributed by atoms with E-state index in [1.807, 2.05) is 37.3 Å². The molecule has 0 amide bonds. The highest BCUT2D eigenvalue weighted by atomic mass is 19.2. The van der Waals surface area contributed by atoms with Crippen LogP contribution >= 0.6 is 0 Å². The first kappa shape index (κ1) is 19.5. The SMILES string of the molecule is CC(c1ccccc1)c1cccc(C=Nc2c(F)c(F)c(F)c(F)c2F)c1O. The molecule has 0 saturated carbocycles. The van der Waals surface area contributed by atoms with Crippen LogP contribution in [0.4, 0.5) is 27.6 Å². The van der Waals surface area contributed by atoms with Gasteiger partial charge in [0.1, 0.15) is 11.4 Å². The van der Waals surface area contributed by atoms with Gasteiger partial charge in [-0.2, -0.15) is 0 Å². The Kier molecular flexibility index (Phi) is 5.44. The molecule has 0 aromatic heterocycles. The van der Waals surface area contributed by atoms with E-state index in [0.717, 1.165) is 11.8 Å². The summed E-state index contributed by atoms with van der Waals surface area (Å²) >= 11 is 0. The standard InChI is InChI=1S/C21H14F5NO/c1-11(12-6-3-2-4-7-12)14-9-5-8-13(21(14)28)10-27-20-18(25)16(23)15(22)17(24)19(20)26/h2-11,28H,1H3. The molecule has 0 bridgehead atoms. The Morgan fingerprint density at radius 3 is 1.96 bits per heavy atom. The Bertz CT molecular complexity index is 1020. The van der Waals surface area contributed by atoms with Crippen LogP contribution in [0, 0.1) is 29.1 Å². The minimum absolute atomic E-state index is 0.0734. The smallest absolute Gasteiger partial charge is 0.200 e. The number of phenolic OH excluding ortho intramolecular Hbond substituents is 1. The van der Waals surface area contributed by atoms with E-state index in [1.165, 1.54) is 6.07 Å². The molecule has 0 aliphatic rings. The molecule has 0 aliphatic heterocycles. The van der Waals surface area contributed by atoms with Crippen LogP contribution in [0.3, 0.4) is 0 Å². The van der Waals surface area contributed by atoms with Gasteiger partial charge in [0, 0.05) is 23.3 Å². The van der Waals surface area contributed by atoms with Gasteiger partial charge in [-0.15, -0.1) is 0 Å². The third-order valence-corrected chi connectivity index (χ3v) is 4.38. The summed E-state index contributed by atoms with van der Waals surface area (Å²) in [7, 11) is 0. The molecule has 7 heteroatoms. The van der Waals surface area contributed by atoms with Gasteiger partial charge in [-0.25, -0.2) is 26.9 Å². The second kappa shape index (κ2) is 7.80. The fourth-order valence-corrected chi connectivity index (χ4v) is 2.80. The number of hydrogen-bond acceptors (Lipinski definition) is 2. The predicted molar refractivity (Wildman–Crippen MR) is 95.6 cm³/mol. The van der Waals surface area contributed by atoms with E-state index in [9.17, 15) is 27.1 Å². The fraction of sp³-hybridized carbons (Fsp3) is 0.0952. The van der Waals surface area contributed by atoms with E-state index in [-0.39, 0.29) is 17.2 Å². The molecule has 0 fully saturated rings. The van der Waals surface area contributed by atoms with Crippen LogP contribution in [0.15, 0.2) is 53.5 Å². The number of halogens is 5. The Balaban J connectivity index is 2.01. The maximum absolute atomic E-state index is 13.7. The number of nitrogens with zero attached hydrogens (tertiary/aromatic N) is 1. The monoisotopic (exact) mass is 391 g/mol. The van der Waals surface area contributed by atoms with Crippen molar-refractivity contribution in [3.05, 3.63) is 94.3 Å². The van der Waals surface area contributed by atoms with Gasteiger partial charge in [0.2, 0.25) is 5.82 Å². The lowest BCUT2D eigenvalue weighted by molar-refractivity contribution is 0.381. The van der Waals surface area contributed by atoms with E-state index in [2.05, 4.69) is 4.99 Å². The molecule has 0 saturated heterocycles. The van der Waals surface area contributed by atoms with E-state index in [1.54, 1.807) is 12.1 Å². The van der Waals surface area contributed by atoms with Crippen molar-refractivity contribution in [3.63, 3.8) is 0 Å². The van der Waals surface area contributed by atoms with E-state index < -0.39 is 34.8 Å². The van der Waals surface area contributed by atoms with Crippen LogP contribution in [-0.2, 0) is 0 Å². The third kappa shape index (κ3) is 3.47. The van der Waals surface area contributed by atoms with Crippen LogP contribution in [0.1, 0.15) is 29.5 Å². The van der Waals surface area contributed by atoms with E-state index >= 15 is 0 Å². The molecule has 0 radical (unpaired) electrons. The van der Waals surface area contributed by atoms with Gasteiger partial charge in [0.15, 0.2) is 23.3 Å². The Morgan fingerprint density at radius 1 is 0.786 bits per heavy atom. The van der Waals surface area contributed by atoms with Gasteiger partial charge >= 0.3 is 0 Å². The number of phenols is 1. The molecule has 1 N–H and O–H groups in total. The number of hydrogen-bond donors (Lipinski definition) is 1. The Hall–Kier alpha value is -3.22.